The van der Waals surface area contributed by atoms with Gasteiger partial charge in [0.25, 0.3) is 0 Å². The lowest BCUT2D eigenvalue weighted by Crippen LogP contribution is -2.21. The highest BCUT2D eigenvalue weighted by Crippen LogP contribution is 2.24. The molecule has 0 unspecified atom stereocenters. The summed E-state index contributed by atoms with van der Waals surface area (Å²) in [5.41, 5.74) is 5.17. The van der Waals surface area contributed by atoms with E-state index in [9.17, 15) is 9.90 Å². The van der Waals surface area contributed by atoms with Gasteiger partial charge < -0.3 is 9.90 Å². The van der Waals surface area contributed by atoms with Crippen molar-refractivity contribution in [3.63, 3.8) is 0 Å². The number of nitrogens with zero attached hydrogens (tertiary/aromatic N) is 1. The SMILES string of the molecule is CCC1CCC(=NNc2ccc(C(=O)[O-])cc2)CC1. The highest BCUT2D eigenvalue weighted by molar-refractivity contribution is 5.87. The van der Waals surface area contributed by atoms with Crippen LogP contribution in [0.4, 0.5) is 5.69 Å². The van der Waals surface area contributed by atoms with Crippen LogP contribution in [0.5, 0.6) is 0 Å². The molecule has 1 aromatic rings. The molecule has 0 spiro atoms. The third-order valence-corrected chi connectivity index (χ3v) is 3.72. The number of carboxylic acids is 1. The van der Waals surface area contributed by atoms with Crippen molar-refractivity contribution in [1.29, 1.82) is 0 Å². The number of nitrogens with one attached hydrogen (secondary N) is 1. The Hall–Kier alpha value is -1.84. The van der Waals surface area contributed by atoms with Gasteiger partial charge in [-0.3, -0.25) is 5.43 Å². The minimum Gasteiger partial charge on any atom is -0.545 e. The standard InChI is InChI=1S/C15H20N2O2/c1-2-11-3-7-13(8-4-11)16-17-14-9-5-12(6-10-14)15(18)19/h5-6,9-11,17H,2-4,7-8H2,1H3,(H,18,19)/p-1. The van der Waals surface area contributed by atoms with Gasteiger partial charge in [0.15, 0.2) is 0 Å². The first kappa shape index (κ1) is 13.6. The van der Waals surface area contributed by atoms with E-state index in [1.807, 2.05) is 0 Å². The van der Waals surface area contributed by atoms with Gasteiger partial charge in [0.05, 0.1) is 11.7 Å². The summed E-state index contributed by atoms with van der Waals surface area (Å²) < 4.78 is 0. The van der Waals surface area contributed by atoms with Crippen molar-refractivity contribution in [3.05, 3.63) is 29.8 Å². The summed E-state index contributed by atoms with van der Waals surface area (Å²) in [6.45, 7) is 2.24. The zero-order valence-electron chi connectivity index (χ0n) is 11.2. The molecule has 1 aliphatic carbocycles. The maximum Gasteiger partial charge on any atom is 0.0715 e. The average Bonchev–Trinajstić information content (AvgIpc) is 2.46. The number of aromatic carboxylic acids is 1. The minimum absolute atomic E-state index is 0.182. The summed E-state index contributed by atoms with van der Waals surface area (Å²) >= 11 is 0. The molecule has 0 amide bonds. The minimum atomic E-state index is -1.16. The molecule has 1 fully saturated rings. The lowest BCUT2D eigenvalue weighted by molar-refractivity contribution is -0.255. The van der Waals surface area contributed by atoms with Crippen molar-refractivity contribution in [2.24, 2.45) is 11.0 Å². The first-order valence-corrected chi connectivity index (χ1v) is 6.82. The normalized spacial score (nSPS) is 19.0. The van der Waals surface area contributed by atoms with Crippen LogP contribution in [0.25, 0.3) is 0 Å². The predicted octanol–water partition coefficient (Wildman–Crippen LogP) is 2.42. The summed E-state index contributed by atoms with van der Waals surface area (Å²) in [4.78, 5) is 10.6. The molecular weight excluding hydrogens is 240 g/mol. The fourth-order valence-corrected chi connectivity index (χ4v) is 2.36. The molecule has 1 aliphatic rings. The van der Waals surface area contributed by atoms with Crippen LogP contribution in [0.3, 0.4) is 0 Å². The highest BCUT2D eigenvalue weighted by Gasteiger charge is 2.15. The smallest absolute Gasteiger partial charge is 0.0715 e. The lowest BCUT2D eigenvalue weighted by atomic mass is 9.86. The number of hydrogen-bond donors (Lipinski definition) is 1. The number of carbonyl (C=O) groups is 1. The van der Waals surface area contributed by atoms with Gasteiger partial charge in [-0.25, -0.2) is 0 Å². The number of hydrazone groups is 1. The number of hydrogen-bond acceptors (Lipinski definition) is 4. The van der Waals surface area contributed by atoms with Crippen LogP contribution in [0.15, 0.2) is 29.4 Å². The van der Waals surface area contributed by atoms with Crippen LogP contribution in [0, 0.1) is 5.92 Å². The Morgan fingerprint density at radius 2 is 1.95 bits per heavy atom. The van der Waals surface area contributed by atoms with Crippen LogP contribution in [-0.2, 0) is 0 Å². The summed E-state index contributed by atoms with van der Waals surface area (Å²) in [7, 11) is 0. The maximum absolute atomic E-state index is 10.6. The van der Waals surface area contributed by atoms with E-state index in [4.69, 9.17) is 0 Å². The van der Waals surface area contributed by atoms with Crippen molar-refractivity contribution in [2.45, 2.75) is 39.0 Å². The van der Waals surface area contributed by atoms with E-state index >= 15 is 0 Å². The molecule has 4 nitrogen and oxygen atoms in total. The molecule has 1 aromatic carbocycles. The maximum atomic E-state index is 10.6. The largest absolute Gasteiger partial charge is 0.545 e. The van der Waals surface area contributed by atoms with E-state index in [0.717, 1.165) is 24.4 Å². The lowest BCUT2D eigenvalue weighted by Gasteiger charge is -2.21. The van der Waals surface area contributed by atoms with Gasteiger partial charge in [-0.15, -0.1) is 0 Å². The van der Waals surface area contributed by atoms with E-state index < -0.39 is 5.97 Å². The van der Waals surface area contributed by atoms with E-state index in [0.29, 0.717) is 0 Å². The van der Waals surface area contributed by atoms with Gasteiger partial charge in [0, 0.05) is 5.71 Å². The first-order chi connectivity index (χ1) is 9.19. The van der Waals surface area contributed by atoms with Gasteiger partial charge in [0.2, 0.25) is 0 Å². The zero-order chi connectivity index (χ0) is 13.7. The fourth-order valence-electron chi connectivity index (χ4n) is 2.36. The van der Waals surface area contributed by atoms with Crippen molar-refractivity contribution in [3.8, 4) is 0 Å². The van der Waals surface area contributed by atoms with E-state index in [1.54, 1.807) is 12.1 Å². The summed E-state index contributed by atoms with van der Waals surface area (Å²) in [5.74, 6) is -0.308. The Morgan fingerprint density at radius 3 is 2.47 bits per heavy atom. The average molecular weight is 259 g/mol. The number of carboxylic acid groups (broad SMARTS) is 1. The molecule has 19 heavy (non-hydrogen) atoms. The van der Waals surface area contributed by atoms with Gasteiger partial charge >= 0.3 is 0 Å². The Balaban J connectivity index is 1.90. The van der Waals surface area contributed by atoms with E-state index in [-0.39, 0.29) is 5.56 Å². The Kier molecular flexibility index (Phi) is 4.55. The second-order valence-electron chi connectivity index (χ2n) is 5.01. The number of anilines is 1. The summed E-state index contributed by atoms with van der Waals surface area (Å²) in [6, 6.07) is 6.44. The fraction of sp³-hybridized carbons (Fsp3) is 0.467. The van der Waals surface area contributed by atoms with E-state index in [2.05, 4.69) is 17.5 Å². The summed E-state index contributed by atoms with van der Waals surface area (Å²) in [5, 5.41) is 15.0. The highest BCUT2D eigenvalue weighted by atomic mass is 16.4. The molecule has 102 valence electrons. The second kappa shape index (κ2) is 6.36. The van der Waals surface area contributed by atoms with Crippen LogP contribution in [0.2, 0.25) is 0 Å². The van der Waals surface area contributed by atoms with Crippen LogP contribution in [-0.4, -0.2) is 11.7 Å². The number of rotatable bonds is 4. The second-order valence-corrected chi connectivity index (χ2v) is 5.01. The molecule has 0 heterocycles. The van der Waals surface area contributed by atoms with Crippen molar-refractivity contribution >= 4 is 17.4 Å². The molecule has 0 atom stereocenters. The molecular formula is C15H19N2O2-. The van der Waals surface area contributed by atoms with Crippen molar-refractivity contribution in [1.82, 2.24) is 0 Å². The molecule has 1 saturated carbocycles. The molecule has 4 heteroatoms. The number of carbonyl (C=O) groups excluding carboxylic acids is 1. The van der Waals surface area contributed by atoms with Gasteiger partial charge in [-0.2, -0.15) is 5.10 Å². The Morgan fingerprint density at radius 1 is 1.32 bits per heavy atom. The van der Waals surface area contributed by atoms with Crippen molar-refractivity contribution in [2.75, 3.05) is 5.43 Å². The number of benzene rings is 1. The van der Waals surface area contributed by atoms with Gasteiger partial charge in [0.1, 0.15) is 0 Å². The molecule has 0 saturated heterocycles. The Labute approximate surface area is 113 Å². The molecule has 0 aromatic heterocycles. The molecule has 2 rings (SSSR count). The quantitative estimate of drug-likeness (QED) is 0.844. The predicted molar refractivity (Wildman–Crippen MR) is 74.1 cm³/mol. The Bertz CT molecular complexity index is 456. The third kappa shape index (κ3) is 3.81. The summed E-state index contributed by atoms with van der Waals surface area (Å²) in [6.07, 6.45) is 5.82. The van der Waals surface area contributed by atoms with Crippen molar-refractivity contribution < 1.29 is 9.90 Å². The molecule has 0 aliphatic heterocycles. The topological polar surface area (TPSA) is 64.5 Å². The molecule has 0 bridgehead atoms. The van der Waals surface area contributed by atoms with E-state index in [1.165, 1.54) is 37.1 Å². The van der Waals surface area contributed by atoms with Crippen LogP contribution in [0.1, 0.15) is 49.4 Å². The zero-order valence-corrected chi connectivity index (χ0v) is 11.2. The van der Waals surface area contributed by atoms with Gasteiger partial charge in [-0.05, 0) is 49.3 Å². The third-order valence-electron chi connectivity index (χ3n) is 3.72. The monoisotopic (exact) mass is 259 g/mol. The van der Waals surface area contributed by atoms with Gasteiger partial charge in [-0.1, -0.05) is 25.5 Å². The first-order valence-electron chi connectivity index (χ1n) is 6.82. The molecule has 0 radical (unpaired) electrons. The van der Waals surface area contributed by atoms with Crippen LogP contribution < -0.4 is 10.5 Å². The van der Waals surface area contributed by atoms with Crippen LogP contribution >= 0.6 is 0 Å². The molecule has 1 N–H and O–H groups in total.